The molecule has 5 nitrogen and oxygen atoms in total. The first-order valence-corrected chi connectivity index (χ1v) is 9.91. The molecule has 0 fully saturated rings. The smallest absolute Gasteiger partial charge is 0.360 e. The zero-order valence-corrected chi connectivity index (χ0v) is 17.0. The molecule has 0 aliphatic heterocycles. The lowest BCUT2D eigenvalue weighted by atomic mass is 10.1. The second kappa shape index (κ2) is 8.51. The molecular formula is C24H19ClN2O3. The summed E-state index contributed by atoms with van der Waals surface area (Å²) < 4.78 is 6.96. The minimum Gasteiger partial charge on any atom is -0.453 e. The van der Waals surface area contributed by atoms with E-state index in [1.807, 2.05) is 48.5 Å². The third-order valence-corrected chi connectivity index (χ3v) is 5.21. The van der Waals surface area contributed by atoms with Crippen LogP contribution in [0.3, 0.4) is 0 Å². The van der Waals surface area contributed by atoms with Crippen molar-refractivity contribution in [1.82, 2.24) is 9.78 Å². The Balaban J connectivity index is 1.74. The molecule has 0 bridgehead atoms. The first-order valence-electron chi connectivity index (χ1n) is 9.54. The van der Waals surface area contributed by atoms with Gasteiger partial charge in [-0.3, -0.25) is 4.79 Å². The molecule has 30 heavy (non-hydrogen) atoms. The molecule has 0 saturated heterocycles. The van der Waals surface area contributed by atoms with Gasteiger partial charge in [-0.15, -0.1) is 0 Å². The third kappa shape index (κ3) is 3.98. The predicted molar refractivity (Wildman–Crippen MR) is 117 cm³/mol. The lowest BCUT2D eigenvalue weighted by Crippen LogP contribution is -2.27. The van der Waals surface area contributed by atoms with E-state index in [-0.39, 0.29) is 17.8 Å². The monoisotopic (exact) mass is 418 g/mol. The van der Waals surface area contributed by atoms with Gasteiger partial charge < -0.3 is 4.74 Å². The maximum atomic E-state index is 13.0. The summed E-state index contributed by atoms with van der Waals surface area (Å²) in [5.41, 5.74) is 1.45. The molecule has 150 valence electrons. The highest BCUT2D eigenvalue weighted by Crippen LogP contribution is 2.26. The molecular weight excluding hydrogens is 400 g/mol. The minimum absolute atomic E-state index is 0.0973. The van der Waals surface area contributed by atoms with E-state index in [4.69, 9.17) is 16.3 Å². The van der Waals surface area contributed by atoms with E-state index in [0.29, 0.717) is 21.4 Å². The molecule has 1 atom stereocenters. The lowest BCUT2D eigenvalue weighted by Gasteiger charge is -2.16. The normalized spacial score (nSPS) is 11.9. The van der Waals surface area contributed by atoms with Crippen LogP contribution >= 0.6 is 11.6 Å². The largest absolute Gasteiger partial charge is 0.453 e. The van der Waals surface area contributed by atoms with Crippen molar-refractivity contribution in [1.29, 1.82) is 0 Å². The molecule has 6 heteroatoms. The standard InChI is InChI=1S/C24H19ClN2O3/c1-16(18-11-7-8-14-21(18)25)30-24(29)22-19-12-5-6-13-20(19)23(28)27(26-22)15-17-9-3-2-4-10-17/h2-14,16H,15H2,1H3/t16-/m1/s1. The van der Waals surface area contributed by atoms with Crippen LogP contribution in [0.15, 0.2) is 83.7 Å². The Bertz CT molecular complexity index is 1270. The first kappa shape index (κ1) is 19.9. The molecule has 1 heterocycles. The summed E-state index contributed by atoms with van der Waals surface area (Å²) in [7, 11) is 0. The highest BCUT2D eigenvalue weighted by atomic mass is 35.5. The second-order valence-electron chi connectivity index (χ2n) is 6.91. The van der Waals surface area contributed by atoms with Crippen molar-refractivity contribution < 1.29 is 9.53 Å². The maximum Gasteiger partial charge on any atom is 0.360 e. The van der Waals surface area contributed by atoms with Crippen LogP contribution in [0, 0.1) is 0 Å². The van der Waals surface area contributed by atoms with Crippen LogP contribution in [0.4, 0.5) is 0 Å². The fraction of sp³-hybridized carbons (Fsp3) is 0.125. The van der Waals surface area contributed by atoms with Gasteiger partial charge in [-0.25, -0.2) is 9.48 Å². The first-order chi connectivity index (χ1) is 14.5. The number of carbonyl (C=O) groups is 1. The average Bonchev–Trinajstić information content (AvgIpc) is 2.76. The Morgan fingerprint density at radius 3 is 2.33 bits per heavy atom. The van der Waals surface area contributed by atoms with Crippen LogP contribution < -0.4 is 5.56 Å². The molecule has 0 aliphatic rings. The van der Waals surface area contributed by atoms with Crippen LogP contribution in [-0.2, 0) is 11.3 Å². The fourth-order valence-electron chi connectivity index (χ4n) is 3.33. The average molecular weight is 419 g/mol. The van der Waals surface area contributed by atoms with Gasteiger partial charge in [0.1, 0.15) is 6.10 Å². The number of benzene rings is 3. The number of fused-ring (bicyclic) bond motifs is 1. The Morgan fingerprint density at radius 2 is 1.60 bits per heavy atom. The van der Waals surface area contributed by atoms with Gasteiger partial charge in [-0.2, -0.15) is 5.10 Å². The topological polar surface area (TPSA) is 61.2 Å². The summed E-state index contributed by atoms with van der Waals surface area (Å²) >= 11 is 6.23. The van der Waals surface area contributed by atoms with Crippen molar-refractivity contribution in [2.45, 2.75) is 19.6 Å². The van der Waals surface area contributed by atoms with E-state index < -0.39 is 12.1 Å². The molecule has 0 unspecified atom stereocenters. The van der Waals surface area contributed by atoms with Gasteiger partial charge in [0, 0.05) is 16.0 Å². The summed E-state index contributed by atoms with van der Waals surface area (Å²) in [4.78, 5) is 26.0. The zero-order chi connectivity index (χ0) is 21.1. The number of carbonyl (C=O) groups excluding carboxylic acids is 1. The number of hydrogen-bond acceptors (Lipinski definition) is 4. The van der Waals surface area contributed by atoms with Crippen molar-refractivity contribution in [3.8, 4) is 0 Å². The van der Waals surface area contributed by atoms with Gasteiger partial charge in [0.15, 0.2) is 5.69 Å². The molecule has 4 aromatic rings. The molecule has 4 rings (SSSR count). The Kier molecular flexibility index (Phi) is 5.63. The SMILES string of the molecule is C[C@@H](OC(=O)c1nn(Cc2ccccc2)c(=O)c2ccccc12)c1ccccc1Cl. The van der Waals surface area contributed by atoms with Gasteiger partial charge in [0.2, 0.25) is 0 Å². The number of esters is 1. The molecule has 0 saturated carbocycles. The van der Waals surface area contributed by atoms with Crippen molar-refractivity contribution in [3.05, 3.63) is 111 Å². The fourth-order valence-corrected chi connectivity index (χ4v) is 3.62. The Hall–Kier alpha value is -3.44. The van der Waals surface area contributed by atoms with Crippen LogP contribution in [-0.4, -0.2) is 15.7 Å². The molecule has 1 aromatic heterocycles. The number of hydrogen-bond donors (Lipinski definition) is 0. The van der Waals surface area contributed by atoms with Crippen LogP contribution in [0.25, 0.3) is 10.8 Å². The predicted octanol–water partition coefficient (Wildman–Crippen LogP) is 5.02. The summed E-state index contributed by atoms with van der Waals surface area (Å²) in [5, 5.41) is 5.76. The van der Waals surface area contributed by atoms with Gasteiger partial charge >= 0.3 is 5.97 Å². The molecule has 0 N–H and O–H groups in total. The van der Waals surface area contributed by atoms with Crippen molar-refractivity contribution in [2.75, 3.05) is 0 Å². The number of ether oxygens (including phenoxy) is 1. The highest BCUT2D eigenvalue weighted by Gasteiger charge is 2.21. The second-order valence-corrected chi connectivity index (χ2v) is 7.32. The summed E-state index contributed by atoms with van der Waals surface area (Å²) in [5.74, 6) is -0.611. The van der Waals surface area contributed by atoms with Crippen molar-refractivity contribution in [2.24, 2.45) is 0 Å². The molecule has 3 aromatic carbocycles. The van der Waals surface area contributed by atoms with Crippen LogP contribution in [0.5, 0.6) is 0 Å². The van der Waals surface area contributed by atoms with Gasteiger partial charge in [-0.05, 0) is 24.6 Å². The molecule has 0 aliphatic carbocycles. The number of nitrogens with zero attached hydrogens (tertiary/aromatic N) is 2. The maximum absolute atomic E-state index is 13.0. The van der Waals surface area contributed by atoms with E-state index in [9.17, 15) is 9.59 Å². The van der Waals surface area contributed by atoms with E-state index in [0.717, 1.165) is 5.56 Å². The summed E-state index contributed by atoms with van der Waals surface area (Å²) in [6, 6.07) is 23.6. The minimum atomic E-state index is -0.611. The van der Waals surface area contributed by atoms with Gasteiger partial charge in [0.25, 0.3) is 5.56 Å². The van der Waals surface area contributed by atoms with Gasteiger partial charge in [0.05, 0.1) is 11.9 Å². The van der Waals surface area contributed by atoms with E-state index >= 15 is 0 Å². The quantitative estimate of drug-likeness (QED) is 0.427. The number of halogens is 1. The molecule has 0 radical (unpaired) electrons. The van der Waals surface area contributed by atoms with Gasteiger partial charge in [-0.1, -0.05) is 78.3 Å². The lowest BCUT2D eigenvalue weighted by molar-refractivity contribution is 0.0331. The highest BCUT2D eigenvalue weighted by molar-refractivity contribution is 6.31. The summed E-state index contributed by atoms with van der Waals surface area (Å²) in [6.45, 7) is 2.01. The third-order valence-electron chi connectivity index (χ3n) is 4.86. The van der Waals surface area contributed by atoms with E-state index in [1.54, 1.807) is 37.3 Å². The Morgan fingerprint density at radius 1 is 0.967 bits per heavy atom. The van der Waals surface area contributed by atoms with E-state index in [1.165, 1.54) is 4.68 Å². The molecule has 0 amide bonds. The van der Waals surface area contributed by atoms with E-state index in [2.05, 4.69) is 5.10 Å². The van der Waals surface area contributed by atoms with Crippen molar-refractivity contribution >= 4 is 28.3 Å². The number of aromatic nitrogens is 2. The van der Waals surface area contributed by atoms with Crippen molar-refractivity contribution in [3.63, 3.8) is 0 Å². The number of rotatable bonds is 5. The van der Waals surface area contributed by atoms with Crippen LogP contribution in [0.1, 0.15) is 34.6 Å². The molecule has 0 spiro atoms. The van der Waals surface area contributed by atoms with Crippen LogP contribution in [0.2, 0.25) is 5.02 Å². The summed E-state index contributed by atoms with van der Waals surface area (Å²) in [6.07, 6.45) is -0.568. The Labute approximate surface area is 178 Å². The zero-order valence-electron chi connectivity index (χ0n) is 16.3.